The number of halogens is 6. The van der Waals surface area contributed by atoms with E-state index in [0.717, 1.165) is 24.3 Å². The maximum Gasteiger partial charge on any atom is 0.438 e. The van der Waals surface area contributed by atoms with Crippen molar-refractivity contribution < 1.29 is 58.4 Å². The van der Waals surface area contributed by atoms with Crippen molar-refractivity contribution in [1.29, 1.82) is 0 Å². The Morgan fingerprint density at radius 3 is 1.74 bits per heavy atom. The highest BCUT2D eigenvalue weighted by molar-refractivity contribution is 7.85. The Balaban J connectivity index is 3.23. The highest BCUT2D eigenvalue weighted by Crippen LogP contribution is 2.47. The van der Waals surface area contributed by atoms with Crippen LogP contribution in [0.5, 0.6) is 5.75 Å². The first-order valence-corrected chi connectivity index (χ1v) is 11.4. The molecule has 0 heterocycles. The van der Waals surface area contributed by atoms with Crippen molar-refractivity contribution in [2.24, 2.45) is 5.41 Å². The minimum atomic E-state index is -6.45. The second-order valence-electron chi connectivity index (χ2n) is 9.17. The highest BCUT2D eigenvalue weighted by atomic mass is 32.2. The number of likely N-dealkylation sites (N-methyl/N-ethyl adjacent to an activating group) is 1. The van der Waals surface area contributed by atoms with Crippen LogP contribution >= 0.6 is 0 Å². The minimum Gasteiger partial charge on any atom is -0.435 e. The number of benzene rings is 1. The van der Waals surface area contributed by atoms with Gasteiger partial charge >= 0.3 is 29.9 Å². The van der Waals surface area contributed by atoms with E-state index in [9.17, 15) is 44.3 Å². The molecular formula is C20H25F6NO7S. The zero-order valence-electron chi connectivity index (χ0n) is 19.3. The lowest BCUT2D eigenvalue weighted by atomic mass is 9.81. The van der Waals surface area contributed by atoms with E-state index in [-0.39, 0.29) is 11.2 Å². The maximum atomic E-state index is 13.3. The molecule has 1 rings (SSSR count). The van der Waals surface area contributed by atoms with Gasteiger partial charge < -0.3 is 14.8 Å². The van der Waals surface area contributed by atoms with Crippen molar-refractivity contribution in [3.8, 4) is 5.75 Å². The van der Waals surface area contributed by atoms with E-state index in [0.29, 0.717) is 6.42 Å². The second-order valence-corrected chi connectivity index (χ2v) is 10.6. The quantitative estimate of drug-likeness (QED) is 0.222. The van der Waals surface area contributed by atoms with Crippen LogP contribution in [0.2, 0.25) is 0 Å². The van der Waals surface area contributed by atoms with Gasteiger partial charge in [-0.25, -0.2) is 9.59 Å². The first-order chi connectivity index (χ1) is 15.5. The summed E-state index contributed by atoms with van der Waals surface area (Å²) in [5.74, 6) is -6.11. The van der Waals surface area contributed by atoms with Gasteiger partial charge in [0.05, 0.1) is 5.56 Å². The van der Waals surface area contributed by atoms with Gasteiger partial charge in [-0.2, -0.15) is 34.8 Å². The van der Waals surface area contributed by atoms with E-state index in [1.165, 1.54) is 7.05 Å². The van der Waals surface area contributed by atoms with Gasteiger partial charge in [0, 0.05) is 0 Å². The summed E-state index contributed by atoms with van der Waals surface area (Å²) in [4.78, 5) is 24.7. The molecule has 1 aromatic rings. The molecule has 15 heteroatoms. The number of esters is 2. The number of hydrogen-bond donors (Lipinski definition) is 2. The largest absolute Gasteiger partial charge is 0.438 e. The monoisotopic (exact) mass is 537 g/mol. The van der Waals surface area contributed by atoms with E-state index in [1.54, 1.807) is 6.92 Å². The van der Waals surface area contributed by atoms with Gasteiger partial charge in [0.15, 0.2) is 0 Å². The number of carbonyl (C=O) groups is 2. The summed E-state index contributed by atoms with van der Waals surface area (Å²) in [6.07, 6.45) is -12.6. The van der Waals surface area contributed by atoms with Gasteiger partial charge in [0.1, 0.15) is 17.0 Å². The molecule has 0 radical (unpaired) electrons. The van der Waals surface area contributed by atoms with Crippen LogP contribution < -0.4 is 10.1 Å². The average molecular weight is 537 g/mol. The predicted octanol–water partition coefficient (Wildman–Crippen LogP) is 3.91. The molecule has 0 bridgehead atoms. The summed E-state index contributed by atoms with van der Waals surface area (Å²) in [6.45, 7) is 7.19. The fraction of sp³-hybridized carbons (Fsp3) is 0.600. The van der Waals surface area contributed by atoms with E-state index in [4.69, 9.17) is 9.29 Å². The normalized spacial score (nSPS) is 15.3. The van der Waals surface area contributed by atoms with Crippen molar-refractivity contribution in [2.45, 2.75) is 57.6 Å². The Morgan fingerprint density at radius 2 is 1.40 bits per heavy atom. The number of carbonyl (C=O) groups excluding carboxylic acids is 2. The Bertz CT molecular complexity index is 1020. The lowest BCUT2D eigenvalue weighted by Crippen LogP contribution is -2.63. The summed E-state index contributed by atoms with van der Waals surface area (Å²) < 4.78 is 119. The van der Waals surface area contributed by atoms with Crippen LogP contribution in [0, 0.1) is 5.41 Å². The fourth-order valence-corrected chi connectivity index (χ4v) is 4.05. The molecule has 1 atom stereocenters. The number of nitrogens with one attached hydrogen (secondary N) is 1. The zero-order chi connectivity index (χ0) is 27.7. The van der Waals surface area contributed by atoms with E-state index >= 15 is 0 Å². The molecule has 0 aliphatic heterocycles. The second kappa shape index (κ2) is 9.93. The molecule has 8 nitrogen and oxygen atoms in total. The van der Waals surface area contributed by atoms with Gasteiger partial charge in [0.25, 0.3) is 10.1 Å². The molecule has 0 fully saturated rings. The van der Waals surface area contributed by atoms with Crippen molar-refractivity contribution in [3.05, 3.63) is 29.8 Å². The average Bonchev–Trinajstić information content (AvgIpc) is 2.63. The minimum absolute atomic E-state index is 0.183. The van der Waals surface area contributed by atoms with Gasteiger partial charge in [-0.3, -0.25) is 4.55 Å². The molecule has 35 heavy (non-hydrogen) atoms. The Morgan fingerprint density at radius 1 is 0.943 bits per heavy atom. The highest BCUT2D eigenvalue weighted by Gasteiger charge is 2.76. The van der Waals surface area contributed by atoms with Crippen LogP contribution in [0.15, 0.2) is 24.3 Å². The summed E-state index contributed by atoms with van der Waals surface area (Å²) in [5.41, 5.74) is -7.82. The lowest BCUT2D eigenvalue weighted by Gasteiger charge is -2.35. The van der Waals surface area contributed by atoms with Crippen LogP contribution in [0.4, 0.5) is 26.3 Å². The van der Waals surface area contributed by atoms with Crippen molar-refractivity contribution in [1.82, 2.24) is 5.32 Å². The smallest absolute Gasteiger partial charge is 0.435 e. The number of ether oxygens (including phenoxy) is 2. The fourth-order valence-electron chi connectivity index (χ4n) is 3.15. The summed E-state index contributed by atoms with van der Waals surface area (Å²) >= 11 is 0. The first-order valence-electron chi connectivity index (χ1n) is 9.80. The van der Waals surface area contributed by atoms with Crippen LogP contribution in [-0.4, -0.2) is 61.2 Å². The van der Waals surface area contributed by atoms with E-state index in [2.05, 4.69) is 10.1 Å². The van der Waals surface area contributed by atoms with Crippen LogP contribution in [0.25, 0.3) is 0 Å². The van der Waals surface area contributed by atoms with E-state index < -0.39 is 56.9 Å². The maximum absolute atomic E-state index is 13.3. The molecule has 0 aliphatic carbocycles. The van der Waals surface area contributed by atoms with Crippen molar-refractivity contribution in [2.75, 3.05) is 12.8 Å². The van der Waals surface area contributed by atoms with Crippen LogP contribution in [0.3, 0.4) is 0 Å². The summed E-state index contributed by atoms with van der Waals surface area (Å²) in [7, 11) is -4.39. The molecule has 0 saturated carbocycles. The van der Waals surface area contributed by atoms with Gasteiger partial charge in [-0.1, -0.05) is 20.8 Å². The summed E-state index contributed by atoms with van der Waals surface area (Å²) in [5, 5.41) is 2.83. The molecule has 0 aromatic heterocycles. The molecular weight excluding hydrogens is 512 g/mol. The van der Waals surface area contributed by atoms with Crippen LogP contribution in [0.1, 0.15) is 44.5 Å². The number of hydrogen-bond acceptors (Lipinski definition) is 7. The topological polar surface area (TPSA) is 119 Å². The molecule has 1 unspecified atom stereocenters. The molecule has 0 amide bonds. The third-order valence-electron chi connectivity index (χ3n) is 4.76. The standard InChI is InChI=1S/C20H25F6NO7S/c1-16(2,3)10-17(4,27-5)15(29)33-13-8-6-12(7-9-13)14(28)34-18(19(21,22)23,20(24,25)26)11-35(30,31)32/h6-9,27H,10-11H2,1-5H3,(H,30,31,32). The molecule has 1 aromatic carbocycles. The summed E-state index contributed by atoms with van der Waals surface area (Å²) in [6, 6.07) is 3.29. The first kappa shape index (κ1) is 30.6. The Kier molecular flexibility index (Phi) is 8.69. The Hall–Kier alpha value is -2.39. The number of alkyl halides is 6. The van der Waals surface area contributed by atoms with Crippen LogP contribution in [-0.2, 0) is 19.6 Å². The van der Waals surface area contributed by atoms with Gasteiger partial charge in [-0.15, -0.1) is 0 Å². The molecule has 2 N–H and O–H groups in total. The molecule has 0 spiro atoms. The number of rotatable bonds is 8. The SMILES string of the molecule is CNC(C)(CC(C)(C)C)C(=O)Oc1ccc(C(=O)OC(CS(=O)(=O)O)(C(F)(F)F)C(F)(F)F)cc1. The van der Waals surface area contributed by atoms with Crippen molar-refractivity contribution >= 4 is 22.1 Å². The van der Waals surface area contributed by atoms with Crippen molar-refractivity contribution in [3.63, 3.8) is 0 Å². The predicted molar refractivity (Wildman–Crippen MR) is 110 cm³/mol. The third-order valence-corrected chi connectivity index (χ3v) is 5.53. The molecule has 200 valence electrons. The Labute approximate surface area is 197 Å². The van der Waals surface area contributed by atoms with E-state index in [1.807, 2.05) is 20.8 Å². The van der Waals surface area contributed by atoms with Gasteiger partial charge in [-0.05, 0) is 50.1 Å². The third kappa shape index (κ3) is 7.80. The lowest BCUT2D eigenvalue weighted by molar-refractivity contribution is -0.356. The molecule has 0 aliphatic rings. The molecule has 0 saturated heterocycles. The van der Waals surface area contributed by atoms with Gasteiger partial charge in [0.2, 0.25) is 0 Å². The zero-order valence-corrected chi connectivity index (χ0v) is 20.1.